The summed E-state index contributed by atoms with van der Waals surface area (Å²) in [5, 5.41) is 3.68. The first kappa shape index (κ1) is 107. The van der Waals surface area contributed by atoms with E-state index in [2.05, 4.69) is 207 Å². The molecule has 6 heterocycles. The smallest absolute Gasteiger partial charge is 0.309 e. The van der Waals surface area contributed by atoms with Gasteiger partial charge < -0.3 is 58.6 Å². The fourth-order valence-electron chi connectivity index (χ4n) is 17.4. The lowest BCUT2D eigenvalue weighted by Crippen LogP contribution is -2.40. The number of hydrogen-bond donors (Lipinski definition) is 2. The third-order valence-electron chi connectivity index (χ3n) is 23.3. The zero-order valence-electron chi connectivity index (χ0n) is 77.8. The van der Waals surface area contributed by atoms with Gasteiger partial charge in [-0.25, -0.2) is 0 Å². The Kier molecular flexibility index (Phi) is 47.7. The SMILES string of the molecule is C=O.CC(=O)C=C(C)C.CC1(C)CC(=O)CCO1.CC1(C)CC(C(CCN)Cc2ccccc2)CCO1.CC1(C)CC(C(COS(C)(=O)=O)Cc2ccccc2)CCO1.CN(C)c1ccc(CNCCC(Cc2ccccc2)C2CCOC(C)(C)C2)cc1.COC(=O)C(Cc1ccccc1)C1CCOC(C)(C)C1.COC(=O)CC1CCOC(C)(C)C1. The molecule has 5 aromatic carbocycles. The number of ketones is 2. The molecule has 6 aliphatic rings. The van der Waals surface area contributed by atoms with Gasteiger partial charge >= 0.3 is 11.9 Å². The maximum atomic E-state index is 12.2. The molecule has 20 heteroatoms. The summed E-state index contributed by atoms with van der Waals surface area (Å²) in [7, 11) is 3.67. The van der Waals surface area contributed by atoms with E-state index in [1.807, 2.05) is 70.9 Å². The van der Waals surface area contributed by atoms with Crippen molar-refractivity contribution in [3.05, 3.63) is 185 Å². The van der Waals surface area contributed by atoms with Gasteiger partial charge in [-0.15, -0.1) is 0 Å². The number of esters is 2. The molecule has 9 atom stereocenters. The monoisotopic (exact) mass is 1700 g/mol. The van der Waals surface area contributed by atoms with Crippen molar-refractivity contribution in [2.45, 2.75) is 266 Å². The van der Waals surface area contributed by atoms with Gasteiger partial charge in [0, 0.05) is 78.6 Å². The lowest BCUT2D eigenvalue weighted by atomic mass is 9.75. The van der Waals surface area contributed by atoms with Crippen molar-refractivity contribution in [3.63, 3.8) is 0 Å². The van der Waals surface area contributed by atoms with Crippen LogP contribution in [-0.2, 0) is 108 Å². The van der Waals surface area contributed by atoms with Crippen molar-refractivity contribution in [1.82, 2.24) is 5.32 Å². The van der Waals surface area contributed by atoms with Crippen LogP contribution in [0.15, 0.2) is 157 Å². The van der Waals surface area contributed by atoms with Gasteiger partial charge in [0.25, 0.3) is 10.1 Å². The Labute approximate surface area is 730 Å². The molecule has 5 aromatic rings. The first-order valence-corrected chi connectivity index (χ1v) is 46.0. The van der Waals surface area contributed by atoms with E-state index < -0.39 is 10.1 Å². The molecule has 678 valence electrons. The number of carbonyl (C=O) groups is 5. The topological polar surface area (TPSA) is 244 Å². The van der Waals surface area contributed by atoms with E-state index in [4.69, 9.17) is 47.9 Å². The predicted octanol–water partition coefficient (Wildman–Crippen LogP) is 19.2. The highest BCUT2D eigenvalue weighted by Crippen LogP contribution is 2.41. The van der Waals surface area contributed by atoms with Gasteiger partial charge in [0.15, 0.2) is 5.78 Å². The number of allylic oxidation sites excluding steroid dienone is 2. The molecule has 6 saturated heterocycles. The molecule has 19 nitrogen and oxygen atoms in total. The summed E-state index contributed by atoms with van der Waals surface area (Å²) >= 11 is 0. The molecule has 0 amide bonds. The van der Waals surface area contributed by atoms with E-state index in [0.717, 1.165) is 153 Å². The summed E-state index contributed by atoms with van der Waals surface area (Å²) in [5.74, 6) is 4.37. The highest BCUT2D eigenvalue weighted by molar-refractivity contribution is 7.86. The first-order chi connectivity index (χ1) is 57.1. The lowest BCUT2D eigenvalue weighted by Gasteiger charge is -2.39. The number of benzene rings is 5. The fourth-order valence-corrected chi connectivity index (χ4v) is 17.8. The summed E-state index contributed by atoms with van der Waals surface area (Å²) in [4.78, 5) is 54.3. The molecule has 0 spiro atoms. The summed E-state index contributed by atoms with van der Waals surface area (Å²) in [6, 6.07) is 51.0. The van der Waals surface area contributed by atoms with Gasteiger partial charge in [-0.3, -0.25) is 23.4 Å². The number of Topliss-reactive ketones (excluding diaryl/α,β-unsaturated/α-hetero) is 1. The average Bonchev–Trinajstić information content (AvgIpc) is 0.838. The molecule has 0 saturated carbocycles. The van der Waals surface area contributed by atoms with Crippen LogP contribution < -0.4 is 16.0 Å². The van der Waals surface area contributed by atoms with Crippen LogP contribution >= 0.6 is 0 Å². The molecule has 0 aliphatic carbocycles. The Bertz CT molecular complexity index is 3850. The van der Waals surface area contributed by atoms with Crippen LogP contribution in [0.3, 0.4) is 0 Å². The number of methoxy groups -OCH3 is 2. The summed E-state index contributed by atoms with van der Waals surface area (Å²) in [6.07, 6.45) is 21.0. The first-order valence-electron chi connectivity index (χ1n) is 44.2. The minimum absolute atomic E-state index is 0.0134. The minimum atomic E-state index is -3.41. The Morgan fingerprint density at radius 3 is 1.23 bits per heavy atom. The number of anilines is 1. The molecule has 3 N–H and O–H groups in total. The second-order valence-corrected chi connectivity index (χ2v) is 39.5. The number of carbonyl (C=O) groups excluding carboxylic acids is 5. The van der Waals surface area contributed by atoms with Gasteiger partial charge in [0.1, 0.15) is 12.6 Å². The number of nitrogens with one attached hydrogen (secondary N) is 1. The van der Waals surface area contributed by atoms with E-state index in [-0.39, 0.29) is 69.8 Å². The third-order valence-corrected chi connectivity index (χ3v) is 23.9. The van der Waals surface area contributed by atoms with Gasteiger partial charge in [0.05, 0.1) is 73.2 Å². The van der Waals surface area contributed by atoms with Crippen LogP contribution in [0.5, 0.6) is 0 Å². The molecule has 0 aromatic heterocycles. The minimum Gasteiger partial charge on any atom is -0.469 e. The molecule has 11 rings (SSSR count). The standard InChI is InChI=1S/C26H38N2O.C17H27NO.C17H26O4S.C17H24O3.C10H18O3.C7H12O2.C6H10O.CH2O/c1-26(2)19-24(15-17-29-26)23(18-21-8-6-5-7-9-21)14-16-27-20-22-10-12-25(13-11-22)28(3)4;1-17(2)13-16(9-11-19-17)15(8-10-18)12-14-6-4-3-5-7-14;1-17(2)12-15(9-10-20-17)16(13-21-22(3,18)19)11-14-7-5-4-6-8-14;1-17(2)12-14(9-10-20-17)15(16(18)19-3)11-13-7-5-4-6-8-13;1-10(2)7-8(4-5-13-10)6-9(11)12-3;1-7(2)5-6(8)3-4-9-7;1-5(2)4-6(3)7;1-2/h5-13,23-24,27H,14-20H2,1-4H3;3-7,15-16H,8-13,18H2,1-2H3;4-8,15-16H,9-13H2,1-3H3;4-8,14-15H,9-12H2,1-3H3;8H,4-7H2,1-3H3;3-5H2,1-2H3;4H,1-3H3;1H2. The highest BCUT2D eigenvalue weighted by Gasteiger charge is 2.40. The summed E-state index contributed by atoms with van der Waals surface area (Å²) in [6.45, 7) is 40.3. The predicted molar refractivity (Wildman–Crippen MR) is 490 cm³/mol. The highest BCUT2D eigenvalue weighted by atomic mass is 32.2. The molecular weight excluding hydrogens is 1540 g/mol. The van der Waals surface area contributed by atoms with Crippen LogP contribution in [0.25, 0.3) is 0 Å². The Morgan fingerprint density at radius 1 is 0.504 bits per heavy atom. The van der Waals surface area contributed by atoms with Crippen molar-refractivity contribution >= 4 is 46.1 Å². The molecule has 6 aliphatic heterocycles. The number of nitrogens with zero attached hydrogens (tertiary/aromatic N) is 1. The van der Waals surface area contributed by atoms with Crippen molar-refractivity contribution in [2.75, 3.05) is 98.8 Å². The fraction of sp³-hybridized carbons (Fsp3) is 0.634. The maximum absolute atomic E-state index is 12.2. The zero-order chi connectivity index (χ0) is 89.9. The number of ether oxygens (including phenoxy) is 8. The van der Waals surface area contributed by atoms with Crippen LogP contribution in [0.1, 0.15) is 228 Å². The van der Waals surface area contributed by atoms with E-state index in [1.165, 1.54) is 73.4 Å². The van der Waals surface area contributed by atoms with E-state index in [0.29, 0.717) is 61.2 Å². The number of rotatable bonds is 27. The molecule has 6 fully saturated rings. The Morgan fingerprint density at radius 2 is 0.884 bits per heavy atom. The van der Waals surface area contributed by atoms with E-state index in [1.54, 1.807) is 13.0 Å². The van der Waals surface area contributed by atoms with E-state index >= 15 is 0 Å². The van der Waals surface area contributed by atoms with Gasteiger partial charge in [-0.1, -0.05) is 139 Å². The van der Waals surface area contributed by atoms with Crippen LogP contribution in [0, 0.1) is 53.3 Å². The Balaban J connectivity index is 0.000000306. The third kappa shape index (κ3) is 45.6. The second kappa shape index (κ2) is 54.2. The average molecular weight is 1700 g/mol. The summed E-state index contributed by atoms with van der Waals surface area (Å²) in [5.41, 5.74) is 14.3. The Hall–Kier alpha value is -6.82. The number of hydrogen-bond acceptors (Lipinski definition) is 19. The normalized spacial score (nSPS) is 21.8. The molecule has 9 unspecified atom stereocenters. The van der Waals surface area contributed by atoms with Crippen LogP contribution in [-0.4, -0.2) is 166 Å². The molecule has 121 heavy (non-hydrogen) atoms. The van der Waals surface area contributed by atoms with E-state index in [9.17, 15) is 27.6 Å². The van der Waals surface area contributed by atoms with Crippen molar-refractivity contribution in [1.29, 1.82) is 0 Å². The van der Waals surface area contributed by atoms with Crippen molar-refractivity contribution < 1.29 is 74.5 Å². The number of nitrogens with two attached hydrogens (primary N) is 1. The van der Waals surface area contributed by atoms with Gasteiger partial charge in [-0.2, -0.15) is 8.42 Å². The second-order valence-electron chi connectivity index (χ2n) is 37.9. The largest absolute Gasteiger partial charge is 0.469 e. The molecular formula is C101H157N3O16S. The van der Waals surface area contributed by atoms with Crippen molar-refractivity contribution in [3.8, 4) is 0 Å². The van der Waals surface area contributed by atoms with Crippen LogP contribution in [0.2, 0.25) is 0 Å². The molecule has 0 bridgehead atoms. The maximum Gasteiger partial charge on any atom is 0.309 e. The summed E-state index contributed by atoms with van der Waals surface area (Å²) < 4.78 is 71.7. The quantitative estimate of drug-likeness (QED) is 0.0215. The van der Waals surface area contributed by atoms with Crippen LogP contribution in [0.4, 0.5) is 5.69 Å². The molecule has 0 radical (unpaired) electrons. The van der Waals surface area contributed by atoms with Crippen molar-refractivity contribution in [2.24, 2.45) is 59.0 Å². The zero-order valence-corrected chi connectivity index (χ0v) is 78.6. The van der Waals surface area contributed by atoms with Gasteiger partial charge in [0.2, 0.25) is 0 Å². The van der Waals surface area contributed by atoms with Gasteiger partial charge in [-0.05, 0) is 313 Å². The lowest BCUT2D eigenvalue weighted by molar-refractivity contribution is -0.152.